The molecule has 3 rings (SSSR count). The van der Waals surface area contributed by atoms with Crippen LogP contribution in [0.3, 0.4) is 0 Å². The summed E-state index contributed by atoms with van der Waals surface area (Å²) >= 11 is 0. The van der Waals surface area contributed by atoms with Gasteiger partial charge < -0.3 is 9.84 Å². The summed E-state index contributed by atoms with van der Waals surface area (Å²) in [7, 11) is 0. The maximum absolute atomic E-state index is 13.2. The van der Waals surface area contributed by atoms with Crippen LogP contribution < -0.4 is 5.32 Å². The molecule has 0 bridgehead atoms. The van der Waals surface area contributed by atoms with Crippen LogP contribution in [0, 0.1) is 17.6 Å². The fourth-order valence-electron chi connectivity index (χ4n) is 2.63. The summed E-state index contributed by atoms with van der Waals surface area (Å²) in [6.45, 7) is 2.06. The van der Waals surface area contributed by atoms with Gasteiger partial charge in [-0.3, -0.25) is 0 Å². The minimum absolute atomic E-state index is 0.302. The van der Waals surface area contributed by atoms with E-state index in [9.17, 15) is 8.78 Å². The van der Waals surface area contributed by atoms with Crippen molar-refractivity contribution >= 4 is 0 Å². The van der Waals surface area contributed by atoms with Crippen molar-refractivity contribution in [3.63, 3.8) is 0 Å². The largest absolute Gasteiger partial charge is 0.339 e. The normalized spacial score (nSPS) is 19.4. The highest BCUT2D eigenvalue weighted by atomic mass is 19.2. The van der Waals surface area contributed by atoms with E-state index >= 15 is 0 Å². The molecule has 1 unspecified atom stereocenters. The summed E-state index contributed by atoms with van der Waals surface area (Å²) in [4.78, 5) is 4.29. The Balaban J connectivity index is 1.71. The molecule has 0 spiro atoms. The van der Waals surface area contributed by atoms with Crippen LogP contribution in [-0.2, 0) is 6.42 Å². The molecule has 1 aliphatic rings. The molecule has 0 radical (unpaired) electrons. The van der Waals surface area contributed by atoms with Crippen LogP contribution in [0.5, 0.6) is 0 Å². The Hall–Kier alpha value is -1.82. The number of nitrogens with one attached hydrogen (secondary N) is 1. The van der Waals surface area contributed by atoms with Gasteiger partial charge in [0.2, 0.25) is 11.7 Å². The number of halogens is 2. The van der Waals surface area contributed by atoms with E-state index in [0.29, 0.717) is 23.2 Å². The highest BCUT2D eigenvalue weighted by Gasteiger charge is 2.17. The molecule has 6 heteroatoms. The van der Waals surface area contributed by atoms with Gasteiger partial charge in [0, 0.05) is 12.0 Å². The van der Waals surface area contributed by atoms with Gasteiger partial charge in [-0.15, -0.1) is 0 Å². The average molecular weight is 293 g/mol. The van der Waals surface area contributed by atoms with E-state index in [4.69, 9.17) is 4.52 Å². The predicted octanol–water partition coefficient (Wildman–Crippen LogP) is 2.95. The maximum atomic E-state index is 13.2. The lowest BCUT2D eigenvalue weighted by Crippen LogP contribution is -2.14. The number of benzene rings is 1. The molecular formula is C15H17F2N3O. The summed E-state index contributed by atoms with van der Waals surface area (Å²) < 4.78 is 31.4. The van der Waals surface area contributed by atoms with Crippen molar-refractivity contribution in [2.45, 2.75) is 25.7 Å². The molecule has 1 aliphatic heterocycles. The second-order valence-electron chi connectivity index (χ2n) is 5.39. The number of nitrogens with zero attached hydrogens (tertiary/aromatic N) is 2. The highest BCUT2D eigenvalue weighted by Crippen LogP contribution is 2.22. The van der Waals surface area contributed by atoms with Gasteiger partial charge in [-0.2, -0.15) is 4.98 Å². The fourth-order valence-corrected chi connectivity index (χ4v) is 2.63. The van der Waals surface area contributed by atoms with Crippen LogP contribution in [0.15, 0.2) is 22.7 Å². The molecule has 21 heavy (non-hydrogen) atoms. The van der Waals surface area contributed by atoms with Crippen LogP contribution in [0.1, 0.15) is 25.2 Å². The third-order valence-electron chi connectivity index (χ3n) is 3.80. The van der Waals surface area contributed by atoms with Gasteiger partial charge in [-0.1, -0.05) is 5.16 Å². The van der Waals surface area contributed by atoms with Crippen molar-refractivity contribution in [2.24, 2.45) is 5.92 Å². The van der Waals surface area contributed by atoms with Gasteiger partial charge in [0.15, 0.2) is 11.6 Å². The summed E-state index contributed by atoms with van der Waals surface area (Å²) in [5.41, 5.74) is 0.423. The maximum Gasteiger partial charge on any atom is 0.227 e. The second kappa shape index (κ2) is 6.30. The minimum Gasteiger partial charge on any atom is -0.339 e. The van der Waals surface area contributed by atoms with Crippen molar-refractivity contribution in [3.8, 4) is 11.4 Å². The second-order valence-corrected chi connectivity index (χ2v) is 5.39. The average Bonchev–Trinajstić information content (AvgIpc) is 2.78. The summed E-state index contributed by atoms with van der Waals surface area (Å²) in [6.07, 6.45) is 4.10. The van der Waals surface area contributed by atoms with Crippen LogP contribution in [0.25, 0.3) is 11.4 Å². The Morgan fingerprint density at radius 3 is 2.95 bits per heavy atom. The first-order valence-corrected chi connectivity index (χ1v) is 7.21. The quantitative estimate of drug-likeness (QED) is 0.945. The van der Waals surface area contributed by atoms with Gasteiger partial charge in [0.25, 0.3) is 0 Å². The Morgan fingerprint density at radius 1 is 1.19 bits per heavy atom. The number of hydrogen-bond donors (Lipinski definition) is 1. The molecule has 0 amide bonds. The highest BCUT2D eigenvalue weighted by molar-refractivity contribution is 5.54. The number of aromatic nitrogens is 2. The SMILES string of the molecule is Fc1ccc(-c2noc(CC3CCCNCC3)n2)cc1F. The molecule has 1 aromatic heterocycles. The first-order valence-electron chi connectivity index (χ1n) is 7.21. The van der Waals surface area contributed by atoms with Crippen LogP contribution >= 0.6 is 0 Å². The molecule has 0 saturated carbocycles. The minimum atomic E-state index is -0.909. The van der Waals surface area contributed by atoms with Crippen molar-refractivity contribution in [3.05, 3.63) is 35.7 Å². The Labute approximate surface area is 121 Å². The zero-order valence-corrected chi connectivity index (χ0v) is 11.6. The molecule has 2 heterocycles. The number of rotatable bonds is 3. The molecule has 1 atom stereocenters. The van der Waals surface area contributed by atoms with Gasteiger partial charge in [0.1, 0.15) is 0 Å². The van der Waals surface area contributed by atoms with Crippen molar-refractivity contribution < 1.29 is 13.3 Å². The number of hydrogen-bond acceptors (Lipinski definition) is 4. The Bertz CT molecular complexity index is 607. The predicted molar refractivity (Wildman–Crippen MR) is 73.6 cm³/mol. The first-order chi connectivity index (χ1) is 10.2. The summed E-state index contributed by atoms with van der Waals surface area (Å²) in [5.74, 6) is -0.405. The monoisotopic (exact) mass is 293 g/mol. The van der Waals surface area contributed by atoms with E-state index in [1.54, 1.807) is 0 Å². The zero-order valence-electron chi connectivity index (χ0n) is 11.6. The Kier molecular flexibility index (Phi) is 4.24. The van der Waals surface area contributed by atoms with E-state index in [0.717, 1.165) is 50.9 Å². The first kappa shape index (κ1) is 14.1. The molecule has 4 nitrogen and oxygen atoms in total. The van der Waals surface area contributed by atoms with E-state index in [1.165, 1.54) is 6.07 Å². The molecule has 1 N–H and O–H groups in total. The molecule has 1 fully saturated rings. The van der Waals surface area contributed by atoms with Crippen LogP contribution in [0.2, 0.25) is 0 Å². The van der Waals surface area contributed by atoms with Crippen molar-refractivity contribution in [1.29, 1.82) is 0 Å². The van der Waals surface area contributed by atoms with E-state index in [-0.39, 0.29) is 0 Å². The smallest absolute Gasteiger partial charge is 0.227 e. The van der Waals surface area contributed by atoms with Gasteiger partial charge in [0.05, 0.1) is 0 Å². The topological polar surface area (TPSA) is 51.0 Å². The standard InChI is InChI=1S/C15H17F2N3O/c16-12-4-3-11(9-13(12)17)15-19-14(21-20-15)8-10-2-1-6-18-7-5-10/h3-4,9-10,18H,1-2,5-8H2. The summed E-state index contributed by atoms with van der Waals surface area (Å²) in [5, 5.41) is 7.22. The molecule has 1 saturated heterocycles. The van der Waals surface area contributed by atoms with E-state index in [1.807, 2.05) is 0 Å². The van der Waals surface area contributed by atoms with Gasteiger partial charge in [-0.05, 0) is 56.5 Å². The van der Waals surface area contributed by atoms with Gasteiger partial charge in [-0.25, -0.2) is 8.78 Å². The molecule has 2 aromatic rings. The lowest BCUT2D eigenvalue weighted by molar-refractivity contribution is 0.341. The Morgan fingerprint density at radius 2 is 2.10 bits per heavy atom. The van der Waals surface area contributed by atoms with Crippen LogP contribution in [0.4, 0.5) is 8.78 Å². The molecule has 0 aliphatic carbocycles. The van der Waals surface area contributed by atoms with Crippen LogP contribution in [-0.4, -0.2) is 23.2 Å². The third kappa shape index (κ3) is 3.44. The lowest BCUT2D eigenvalue weighted by Gasteiger charge is -2.09. The van der Waals surface area contributed by atoms with Crippen molar-refractivity contribution in [1.82, 2.24) is 15.5 Å². The van der Waals surface area contributed by atoms with E-state index < -0.39 is 11.6 Å². The fraction of sp³-hybridized carbons (Fsp3) is 0.467. The third-order valence-corrected chi connectivity index (χ3v) is 3.80. The summed E-state index contributed by atoms with van der Waals surface area (Å²) in [6, 6.07) is 3.60. The lowest BCUT2D eigenvalue weighted by atomic mass is 9.97. The molecule has 1 aromatic carbocycles. The zero-order chi connectivity index (χ0) is 14.7. The van der Waals surface area contributed by atoms with Gasteiger partial charge >= 0.3 is 0 Å². The molecule has 112 valence electrons. The molecular weight excluding hydrogens is 276 g/mol. The van der Waals surface area contributed by atoms with Crippen molar-refractivity contribution in [2.75, 3.05) is 13.1 Å². The van der Waals surface area contributed by atoms with E-state index in [2.05, 4.69) is 15.5 Å².